The SMILES string of the molecule is CC.CC.CC.CC.CC.CC.C[Si](C)(C)C#Cc1ccc([N+](=O)[O-])cc1N.Nc1cc([N+](=O)[O-])ccc1Br.Nc1ccc2cc[nH]c2c1.Nc1ccccc1.Nc1ccccc1Br.O=[N+]([O-])c1ccc2cc[nH]c2c1. The van der Waals surface area contributed by atoms with Crippen LogP contribution in [-0.4, -0.2) is 32.8 Å². The molecule has 414 valence electrons. The highest BCUT2D eigenvalue weighted by Crippen LogP contribution is 2.24. The first-order valence-electron chi connectivity index (χ1n) is 24.8. The van der Waals surface area contributed by atoms with Gasteiger partial charge in [-0.1, -0.05) is 145 Å². The molecule has 12 N–H and O–H groups in total. The third-order valence-electron chi connectivity index (χ3n) is 8.04. The van der Waals surface area contributed by atoms with Crippen molar-refractivity contribution in [2.75, 3.05) is 28.7 Å². The van der Waals surface area contributed by atoms with Crippen LogP contribution in [-0.2, 0) is 0 Å². The van der Waals surface area contributed by atoms with Crippen molar-refractivity contribution in [2.24, 2.45) is 0 Å². The average molecular weight is 1190 g/mol. The molecular weight excluding hydrogens is 1110 g/mol. The van der Waals surface area contributed by atoms with Crippen LogP contribution in [0.3, 0.4) is 0 Å². The van der Waals surface area contributed by atoms with Crippen molar-refractivity contribution >= 4 is 107 Å². The molecule has 0 fully saturated rings. The normalized spacial score (nSPS) is 8.80. The van der Waals surface area contributed by atoms with E-state index >= 15 is 0 Å². The molecule has 6 aromatic carbocycles. The number of aromatic nitrogens is 2. The number of nitrogens with zero attached hydrogens (tertiary/aromatic N) is 3. The summed E-state index contributed by atoms with van der Waals surface area (Å²) in [5.74, 6) is 2.98. The first-order valence-corrected chi connectivity index (χ1v) is 29.9. The number of non-ortho nitro benzene ring substituents is 3. The fraction of sp³-hybridized carbons (Fsp3) is 0.263. The van der Waals surface area contributed by atoms with Gasteiger partial charge in [0.2, 0.25) is 0 Å². The summed E-state index contributed by atoms with van der Waals surface area (Å²) in [5, 5.41) is 33.2. The van der Waals surface area contributed by atoms with E-state index in [1.165, 1.54) is 41.8 Å². The molecule has 0 aliphatic carbocycles. The zero-order valence-electron chi connectivity index (χ0n) is 46.9. The Morgan fingerprint density at radius 1 is 0.434 bits per heavy atom. The van der Waals surface area contributed by atoms with Gasteiger partial charge >= 0.3 is 0 Å². The molecule has 19 heteroatoms. The number of anilines is 5. The van der Waals surface area contributed by atoms with E-state index in [4.69, 9.17) is 28.7 Å². The Morgan fingerprint density at radius 2 is 0.829 bits per heavy atom. The molecule has 0 aliphatic rings. The summed E-state index contributed by atoms with van der Waals surface area (Å²) >= 11 is 6.40. The van der Waals surface area contributed by atoms with Crippen molar-refractivity contribution in [1.82, 2.24) is 9.97 Å². The molecule has 0 amide bonds. The Bertz CT molecular complexity index is 2860. The zero-order valence-corrected chi connectivity index (χ0v) is 51.0. The molecule has 0 radical (unpaired) electrons. The third-order valence-corrected chi connectivity index (χ3v) is 10.4. The van der Waals surface area contributed by atoms with Gasteiger partial charge in [-0.25, -0.2) is 0 Å². The molecule has 2 aromatic heterocycles. The quantitative estimate of drug-likeness (QED) is 0.0287. The lowest BCUT2D eigenvalue weighted by atomic mass is 10.2. The number of nitrogens with one attached hydrogen (secondary N) is 2. The molecule has 2 heterocycles. The first kappa shape index (κ1) is 74.9. The van der Waals surface area contributed by atoms with Crippen molar-refractivity contribution in [1.29, 1.82) is 0 Å². The number of nitro groups is 3. The highest BCUT2D eigenvalue weighted by Gasteiger charge is 2.10. The maximum absolute atomic E-state index is 10.5. The largest absolute Gasteiger partial charge is 0.399 e. The number of rotatable bonds is 3. The van der Waals surface area contributed by atoms with Crippen LogP contribution in [0.1, 0.15) is 88.6 Å². The minimum Gasteiger partial charge on any atom is -0.399 e. The van der Waals surface area contributed by atoms with Gasteiger partial charge in [-0.15, -0.1) is 5.54 Å². The number of aromatic amines is 2. The van der Waals surface area contributed by atoms with Crippen molar-refractivity contribution in [3.8, 4) is 11.5 Å². The summed E-state index contributed by atoms with van der Waals surface area (Å²) in [6.07, 6.45) is 3.67. The van der Waals surface area contributed by atoms with Crippen molar-refractivity contribution in [2.45, 2.75) is 103 Å². The summed E-state index contributed by atoms with van der Waals surface area (Å²) in [4.78, 5) is 35.7. The molecule has 8 rings (SSSR count). The third kappa shape index (κ3) is 32.5. The maximum atomic E-state index is 10.5. The Kier molecular flexibility index (Phi) is 44.1. The van der Waals surface area contributed by atoms with Gasteiger partial charge in [0.25, 0.3) is 17.1 Å². The number of nitrogens with two attached hydrogens (primary N) is 5. The van der Waals surface area contributed by atoms with Crippen LogP contribution < -0.4 is 28.7 Å². The minimum absolute atomic E-state index is 0.00365. The molecular formula is C57H82Br2N10O6Si. The Labute approximate surface area is 469 Å². The molecule has 16 nitrogen and oxygen atoms in total. The van der Waals surface area contributed by atoms with Crippen LogP contribution in [0.25, 0.3) is 21.8 Å². The van der Waals surface area contributed by atoms with Crippen LogP contribution in [0, 0.1) is 41.8 Å². The van der Waals surface area contributed by atoms with E-state index in [2.05, 4.69) is 72.9 Å². The van der Waals surface area contributed by atoms with E-state index in [0.717, 1.165) is 38.0 Å². The second-order valence-electron chi connectivity index (χ2n) is 14.3. The van der Waals surface area contributed by atoms with E-state index < -0.39 is 22.8 Å². The monoisotopic (exact) mass is 1190 g/mol. The lowest BCUT2D eigenvalue weighted by Gasteiger charge is -2.04. The highest BCUT2D eigenvalue weighted by molar-refractivity contribution is 9.11. The van der Waals surface area contributed by atoms with Gasteiger partial charge in [0.15, 0.2) is 0 Å². The summed E-state index contributed by atoms with van der Waals surface area (Å²) in [6.45, 7) is 30.4. The molecule has 0 saturated carbocycles. The van der Waals surface area contributed by atoms with Gasteiger partial charge in [0.1, 0.15) is 8.07 Å². The van der Waals surface area contributed by atoms with Crippen molar-refractivity contribution in [3.63, 3.8) is 0 Å². The number of nitro benzene ring substituents is 3. The van der Waals surface area contributed by atoms with Gasteiger partial charge in [-0.2, -0.15) is 0 Å². The van der Waals surface area contributed by atoms with Crippen LogP contribution in [0.5, 0.6) is 0 Å². The summed E-state index contributed by atoms with van der Waals surface area (Å²) < 4.78 is 1.63. The first-order chi connectivity index (χ1) is 36.2. The summed E-state index contributed by atoms with van der Waals surface area (Å²) in [6, 6.07) is 40.2. The lowest BCUT2D eigenvalue weighted by molar-refractivity contribution is -0.385. The number of para-hydroxylation sites is 2. The van der Waals surface area contributed by atoms with Gasteiger partial charge in [0.05, 0.1) is 31.7 Å². The second kappa shape index (κ2) is 44.8. The number of hydrogen-bond donors (Lipinski definition) is 7. The molecule has 0 bridgehead atoms. The van der Waals surface area contributed by atoms with E-state index in [9.17, 15) is 30.3 Å². The smallest absolute Gasteiger partial charge is 0.271 e. The van der Waals surface area contributed by atoms with Crippen LogP contribution in [0.4, 0.5) is 45.5 Å². The number of hydrogen-bond acceptors (Lipinski definition) is 11. The minimum atomic E-state index is -1.45. The molecule has 76 heavy (non-hydrogen) atoms. The maximum Gasteiger partial charge on any atom is 0.271 e. The molecule has 0 aliphatic heterocycles. The number of fused-ring (bicyclic) bond motifs is 2. The molecule has 0 atom stereocenters. The van der Waals surface area contributed by atoms with Gasteiger partial charge in [0, 0.05) is 85.9 Å². The predicted octanol–water partition coefficient (Wildman–Crippen LogP) is 17.6. The number of nitrogen functional groups attached to an aromatic ring is 5. The number of benzene rings is 6. The molecule has 0 saturated heterocycles. The van der Waals surface area contributed by atoms with Crippen molar-refractivity contribution < 1.29 is 14.8 Å². The van der Waals surface area contributed by atoms with Crippen LogP contribution in [0.15, 0.2) is 161 Å². The van der Waals surface area contributed by atoms with E-state index in [1.807, 2.05) is 174 Å². The Morgan fingerprint density at radius 3 is 1.22 bits per heavy atom. The van der Waals surface area contributed by atoms with Crippen molar-refractivity contribution in [3.05, 3.63) is 197 Å². The molecule has 8 aromatic rings. The van der Waals surface area contributed by atoms with Gasteiger partial charge in [-0.3, -0.25) is 30.3 Å². The second-order valence-corrected chi connectivity index (χ2v) is 20.7. The highest BCUT2D eigenvalue weighted by atomic mass is 79.9. The Hall–Kier alpha value is -7.66. The topological polar surface area (TPSA) is 291 Å². The average Bonchev–Trinajstić information content (AvgIpc) is 4.12. The van der Waals surface area contributed by atoms with Crippen LogP contribution >= 0.6 is 31.9 Å². The number of H-pyrrole nitrogens is 2. The number of halogens is 2. The van der Waals surface area contributed by atoms with Gasteiger partial charge in [-0.05, 0) is 109 Å². The lowest BCUT2D eigenvalue weighted by Crippen LogP contribution is -2.16. The zero-order chi connectivity index (χ0) is 59.4. The Balaban J connectivity index is -0.000000398. The fourth-order valence-electron chi connectivity index (χ4n) is 4.82. The standard InChI is InChI=1S/C11H14N2O2Si.C8H6N2O2.C8H8N2.C6H5BrN2O2.C6H6BrN.C6H7N.6C2H6/c1-16(2,3)7-6-9-4-5-10(13(14)15)8-11(9)12;11-10(12)7-2-1-6-3-4-9-8(6)5-7;9-7-2-1-6-3-4-10-8(6)5-7;7-5-2-1-4(9(10)11)3-6(5)8;7-5-3-1-2-4-6(5)8;7-6-4-2-1-3-5-6;6*1-2/h4-5,8H,12H2,1-3H3;1-5,9H;1-5,10H,9H2;1-3H,8H2;1-4H,8H2;1-5H,7H2;6*1-2H3. The summed E-state index contributed by atoms with van der Waals surface area (Å²) in [5.41, 5.74) is 36.5. The predicted molar refractivity (Wildman–Crippen MR) is 338 cm³/mol. The molecule has 0 unspecified atom stereocenters. The van der Waals surface area contributed by atoms with Gasteiger partial charge < -0.3 is 38.6 Å². The van der Waals surface area contributed by atoms with E-state index in [1.54, 1.807) is 24.4 Å². The van der Waals surface area contributed by atoms with Crippen LogP contribution in [0.2, 0.25) is 19.6 Å². The fourth-order valence-corrected chi connectivity index (χ4v) is 5.86. The summed E-state index contributed by atoms with van der Waals surface area (Å²) in [7, 11) is -1.45. The van der Waals surface area contributed by atoms with E-state index in [0.29, 0.717) is 21.4 Å². The van der Waals surface area contributed by atoms with E-state index in [-0.39, 0.29) is 17.1 Å². The molecule has 0 spiro atoms.